The molecule has 2 unspecified atom stereocenters. The van der Waals surface area contributed by atoms with Crippen molar-refractivity contribution in [1.82, 2.24) is 0 Å². The molecule has 0 spiro atoms. The smallest absolute Gasteiger partial charge is 0.0118 e. The lowest BCUT2D eigenvalue weighted by Crippen LogP contribution is -2.22. The lowest BCUT2D eigenvalue weighted by Gasteiger charge is -2.14. The van der Waals surface area contributed by atoms with Crippen molar-refractivity contribution in [2.45, 2.75) is 32.7 Å². The van der Waals surface area contributed by atoms with Gasteiger partial charge in [-0.2, -0.15) is 0 Å². The standard InChI is InChI=1S/C9H15NS/c1-6-4-5-11-9(6)7(2)8(3)10/h4-5,7-8H,10H2,1-3H3. The van der Waals surface area contributed by atoms with Crippen molar-refractivity contribution in [3.63, 3.8) is 0 Å². The molecular weight excluding hydrogens is 154 g/mol. The fourth-order valence-corrected chi connectivity index (χ4v) is 2.19. The van der Waals surface area contributed by atoms with Crippen LogP contribution in [0.1, 0.15) is 30.2 Å². The van der Waals surface area contributed by atoms with Crippen LogP contribution in [0.5, 0.6) is 0 Å². The van der Waals surface area contributed by atoms with Gasteiger partial charge in [0.1, 0.15) is 0 Å². The minimum atomic E-state index is 0.257. The van der Waals surface area contributed by atoms with E-state index in [4.69, 9.17) is 5.73 Å². The molecule has 1 aromatic heterocycles. The molecule has 1 nitrogen and oxygen atoms in total. The van der Waals surface area contributed by atoms with Crippen LogP contribution in [-0.4, -0.2) is 6.04 Å². The summed E-state index contributed by atoms with van der Waals surface area (Å²) in [6, 6.07) is 2.41. The van der Waals surface area contributed by atoms with Gasteiger partial charge in [-0.15, -0.1) is 11.3 Å². The summed E-state index contributed by atoms with van der Waals surface area (Å²) < 4.78 is 0. The van der Waals surface area contributed by atoms with E-state index in [1.807, 2.05) is 0 Å². The van der Waals surface area contributed by atoms with Gasteiger partial charge in [0.2, 0.25) is 0 Å². The molecule has 0 amide bonds. The predicted octanol–water partition coefficient (Wildman–Crippen LogP) is 2.51. The second-order valence-corrected chi connectivity index (χ2v) is 4.06. The van der Waals surface area contributed by atoms with E-state index in [1.165, 1.54) is 10.4 Å². The number of aryl methyl sites for hydroxylation is 1. The van der Waals surface area contributed by atoms with Gasteiger partial charge in [-0.05, 0) is 30.9 Å². The first-order chi connectivity index (χ1) is 5.13. The van der Waals surface area contributed by atoms with Crippen LogP contribution < -0.4 is 5.73 Å². The Labute approximate surface area is 72.2 Å². The maximum atomic E-state index is 5.80. The summed E-state index contributed by atoms with van der Waals surface area (Å²) in [6.45, 7) is 6.39. The summed E-state index contributed by atoms with van der Waals surface area (Å²) in [5.74, 6) is 0.495. The van der Waals surface area contributed by atoms with E-state index in [9.17, 15) is 0 Å². The van der Waals surface area contributed by atoms with E-state index in [1.54, 1.807) is 11.3 Å². The van der Waals surface area contributed by atoms with Crippen LogP contribution in [0, 0.1) is 6.92 Å². The zero-order chi connectivity index (χ0) is 8.43. The van der Waals surface area contributed by atoms with Crippen LogP contribution in [0.3, 0.4) is 0 Å². The molecule has 0 aliphatic carbocycles. The predicted molar refractivity (Wildman–Crippen MR) is 51.1 cm³/mol. The zero-order valence-electron chi connectivity index (χ0n) is 7.29. The monoisotopic (exact) mass is 169 g/mol. The number of nitrogens with two attached hydrogens (primary N) is 1. The maximum absolute atomic E-state index is 5.80. The Morgan fingerprint density at radius 2 is 2.09 bits per heavy atom. The normalized spacial score (nSPS) is 16.4. The average molecular weight is 169 g/mol. The Bertz CT molecular complexity index is 227. The fraction of sp³-hybridized carbons (Fsp3) is 0.556. The third kappa shape index (κ3) is 1.82. The van der Waals surface area contributed by atoms with E-state index in [-0.39, 0.29) is 6.04 Å². The third-order valence-electron chi connectivity index (χ3n) is 2.10. The van der Waals surface area contributed by atoms with Gasteiger partial charge in [0.25, 0.3) is 0 Å². The number of thiophene rings is 1. The molecule has 2 N–H and O–H groups in total. The zero-order valence-corrected chi connectivity index (χ0v) is 8.11. The largest absolute Gasteiger partial charge is 0.327 e. The number of hydrogen-bond donors (Lipinski definition) is 1. The topological polar surface area (TPSA) is 26.0 Å². The van der Waals surface area contributed by atoms with Crippen molar-refractivity contribution < 1.29 is 0 Å². The molecule has 1 heterocycles. The van der Waals surface area contributed by atoms with Crippen LogP contribution >= 0.6 is 11.3 Å². The van der Waals surface area contributed by atoms with Crippen molar-refractivity contribution in [3.8, 4) is 0 Å². The van der Waals surface area contributed by atoms with Gasteiger partial charge in [0, 0.05) is 16.8 Å². The van der Waals surface area contributed by atoms with Crippen LogP contribution in [0.25, 0.3) is 0 Å². The average Bonchev–Trinajstić information content (AvgIpc) is 2.33. The second kappa shape index (κ2) is 3.37. The van der Waals surface area contributed by atoms with Crippen molar-refractivity contribution in [1.29, 1.82) is 0 Å². The van der Waals surface area contributed by atoms with Gasteiger partial charge < -0.3 is 5.73 Å². The Hall–Kier alpha value is -0.340. The van der Waals surface area contributed by atoms with Gasteiger partial charge in [-0.25, -0.2) is 0 Å². The second-order valence-electron chi connectivity index (χ2n) is 3.12. The summed E-state index contributed by atoms with van der Waals surface area (Å²) in [6.07, 6.45) is 0. The Kier molecular flexibility index (Phi) is 2.68. The van der Waals surface area contributed by atoms with Gasteiger partial charge in [-0.1, -0.05) is 6.92 Å². The van der Waals surface area contributed by atoms with Crippen LogP contribution in [0.15, 0.2) is 11.4 Å². The van der Waals surface area contributed by atoms with Crippen molar-refractivity contribution in [2.24, 2.45) is 5.73 Å². The molecule has 0 fully saturated rings. The summed E-state index contributed by atoms with van der Waals surface area (Å²) in [7, 11) is 0. The maximum Gasteiger partial charge on any atom is 0.0118 e. The lowest BCUT2D eigenvalue weighted by molar-refractivity contribution is 0.619. The Balaban J connectivity index is 2.84. The molecule has 2 heteroatoms. The van der Waals surface area contributed by atoms with Crippen molar-refractivity contribution in [3.05, 3.63) is 21.9 Å². The molecule has 0 radical (unpaired) electrons. The van der Waals surface area contributed by atoms with Crippen molar-refractivity contribution in [2.75, 3.05) is 0 Å². The Morgan fingerprint density at radius 3 is 2.45 bits per heavy atom. The molecule has 62 valence electrons. The van der Waals surface area contributed by atoms with Crippen LogP contribution in [0.2, 0.25) is 0 Å². The minimum absolute atomic E-state index is 0.257. The van der Waals surface area contributed by atoms with Gasteiger partial charge in [0.15, 0.2) is 0 Å². The van der Waals surface area contributed by atoms with Gasteiger partial charge >= 0.3 is 0 Å². The van der Waals surface area contributed by atoms with E-state index in [2.05, 4.69) is 32.2 Å². The number of hydrogen-bond acceptors (Lipinski definition) is 2. The third-order valence-corrected chi connectivity index (χ3v) is 3.32. The molecule has 0 aliphatic heterocycles. The molecule has 11 heavy (non-hydrogen) atoms. The van der Waals surface area contributed by atoms with E-state index < -0.39 is 0 Å². The minimum Gasteiger partial charge on any atom is -0.327 e. The molecule has 1 aromatic rings. The SMILES string of the molecule is Cc1ccsc1C(C)C(C)N. The first-order valence-electron chi connectivity index (χ1n) is 3.92. The van der Waals surface area contributed by atoms with E-state index >= 15 is 0 Å². The van der Waals surface area contributed by atoms with Crippen molar-refractivity contribution >= 4 is 11.3 Å². The molecule has 0 aromatic carbocycles. The highest BCUT2D eigenvalue weighted by Gasteiger charge is 2.13. The summed E-state index contributed by atoms with van der Waals surface area (Å²) >= 11 is 1.81. The van der Waals surface area contributed by atoms with Gasteiger partial charge in [-0.3, -0.25) is 0 Å². The Morgan fingerprint density at radius 1 is 1.45 bits per heavy atom. The van der Waals surface area contributed by atoms with Gasteiger partial charge in [0.05, 0.1) is 0 Å². The van der Waals surface area contributed by atoms with E-state index in [0.29, 0.717) is 5.92 Å². The van der Waals surface area contributed by atoms with Crippen LogP contribution in [-0.2, 0) is 0 Å². The molecule has 0 aliphatic rings. The van der Waals surface area contributed by atoms with E-state index in [0.717, 1.165) is 0 Å². The highest BCUT2D eigenvalue weighted by Crippen LogP contribution is 2.26. The molecule has 1 rings (SSSR count). The summed E-state index contributed by atoms with van der Waals surface area (Å²) in [4.78, 5) is 1.43. The van der Waals surface area contributed by atoms with Crippen LogP contribution in [0.4, 0.5) is 0 Å². The lowest BCUT2D eigenvalue weighted by atomic mass is 10.0. The highest BCUT2D eigenvalue weighted by molar-refractivity contribution is 7.10. The fourth-order valence-electron chi connectivity index (χ4n) is 1.09. The molecule has 0 saturated heterocycles. The molecule has 0 saturated carbocycles. The first kappa shape index (κ1) is 8.75. The summed E-state index contributed by atoms with van der Waals surface area (Å²) in [5, 5.41) is 2.13. The highest BCUT2D eigenvalue weighted by atomic mass is 32.1. The molecular formula is C9H15NS. The first-order valence-corrected chi connectivity index (χ1v) is 4.80. The molecule has 2 atom stereocenters. The molecule has 0 bridgehead atoms. The summed E-state index contributed by atoms with van der Waals surface area (Å²) in [5.41, 5.74) is 7.18. The number of rotatable bonds is 2. The quantitative estimate of drug-likeness (QED) is 0.723.